The van der Waals surface area contributed by atoms with Gasteiger partial charge in [0.2, 0.25) is 5.95 Å². The zero-order valence-corrected chi connectivity index (χ0v) is 13.6. The Kier molecular flexibility index (Phi) is 4.95. The fourth-order valence-corrected chi connectivity index (χ4v) is 2.08. The monoisotopic (exact) mass is 334 g/mol. The minimum atomic E-state index is 0.642. The summed E-state index contributed by atoms with van der Waals surface area (Å²) in [5, 5.41) is 6.55. The number of benzene rings is 1. The number of anilines is 3. The van der Waals surface area contributed by atoms with Crippen molar-refractivity contribution in [3.05, 3.63) is 40.0 Å². The Balaban J connectivity index is 2.26. The Hall–Kier alpha value is -1.62. The van der Waals surface area contributed by atoms with Gasteiger partial charge in [0.05, 0.1) is 4.47 Å². The molecular formula is C15H19BrN4. The number of nitrogens with zero attached hydrogens (tertiary/aromatic N) is 2. The molecule has 0 fully saturated rings. The van der Waals surface area contributed by atoms with Gasteiger partial charge in [-0.2, -0.15) is 4.98 Å². The van der Waals surface area contributed by atoms with Crippen LogP contribution in [0.4, 0.5) is 17.5 Å². The SMILES string of the molecule is CCCNc1ncc(Br)c(Nc2cccc(C)c2C)n1. The summed E-state index contributed by atoms with van der Waals surface area (Å²) in [4.78, 5) is 8.74. The second-order valence-electron chi connectivity index (χ2n) is 4.69. The molecule has 0 aliphatic carbocycles. The lowest BCUT2D eigenvalue weighted by atomic mass is 10.1. The molecule has 1 aromatic heterocycles. The van der Waals surface area contributed by atoms with Gasteiger partial charge in [-0.25, -0.2) is 4.98 Å². The van der Waals surface area contributed by atoms with Crippen molar-refractivity contribution in [3.63, 3.8) is 0 Å². The van der Waals surface area contributed by atoms with Crippen LogP contribution in [-0.2, 0) is 0 Å². The molecule has 20 heavy (non-hydrogen) atoms. The molecule has 0 spiro atoms. The van der Waals surface area contributed by atoms with Gasteiger partial charge >= 0.3 is 0 Å². The lowest BCUT2D eigenvalue weighted by Crippen LogP contribution is -2.06. The summed E-state index contributed by atoms with van der Waals surface area (Å²) in [6.07, 6.45) is 2.80. The molecule has 0 aliphatic rings. The summed E-state index contributed by atoms with van der Waals surface area (Å²) in [5.74, 6) is 1.41. The Labute approximate surface area is 128 Å². The molecule has 0 unspecified atom stereocenters. The zero-order valence-electron chi connectivity index (χ0n) is 12.0. The zero-order chi connectivity index (χ0) is 14.5. The molecule has 2 rings (SSSR count). The highest BCUT2D eigenvalue weighted by Gasteiger charge is 2.07. The van der Waals surface area contributed by atoms with Crippen molar-refractivity contribution in [3.8, 4) is 0 Å². The molecule has 0 saturated carbocycles. The number of aryl methyl sites for hydroxylation is 1. The van der Waals surface area contributed by atoms with E-state index in [1.54, 1.807) is 6.20 Å². The third-order valence-electron chi connectivity index (χ3n) is 3.13. The first-order valence-electron chi connectivity index (χ1n) is 6.71. The van der Waals surface area contributed by atoms with Crippen LogP contribution in [0.25, 0.3) is 0 Å². The first kappa shape index (κ1) is 14.8. The van der Waals surface area contributed by atoms with Crippen molar-refractivity contribution < 1.29 is 0 Å². The molecule has 0 atom stereocenters. The standard InChI is InChI=1S/C15H19BrN4/c1-4-8-17-15-18-9-12(16)14(20-15)19-13-7-5-6-10(2)11(13)3/h5-7,9H,4,8H2,1-3H3,(H2,17,18,19,20). The van der Waals surface area contributed by atoms with E-state index in [0.29, 0.717) is 5.95 Å². The highest BCUT2D eigenvalue weighted by Crippen LogP contribution is 2.27. The molecule has 5 heteroatoms. The van der Waals surface area contributed by atoms with Crippen LogP contribution in [0, 0.1) is 13.8 Å². The molecule has 0 saturated heterocycles. The van der Waals surface area contributed by atoms with Crippen LogP contribution in [0.2, 0.25) is 0 Å². The van der Waals surface area contributed by atoms with Gasteiger partial charge in [-0.05, 0) is 53.4 Å². The van der Waals surface area contributed by atoms with Crippen molar-refractivity contribution in [2.45, 2.75) is 27.2 Å². The predicted molar refractivity (Wildman–Crippen MR) is 87.7 cm³/mol. The van der Waals surface area contributed by atoms with E-state index in [1.807, 2.05) is 6.07 Å². The van der Waals surface area contributed by atoms with E-state index in [-0.39, 0.29) is 0 Å². The van der Waals surface area contributed by atoms with Crippen molar-refractivity contribution in [1.82, 2.24) is 9.97 Å². The minimum absolute atomic E-state index is 0.642. The van der Waals surface area contributed by atoms with Gasteiger partial charge in [0, 0.05) is 18.4 Å². The third-order valence-corrected chi connectivity index (χ3v) is 3.72. The van der Waals surface area contributed by atoms with Crippen molar-refractivity contribution in [2.24, 2.45) is 0 Å². The number of hydrogen-bond acceptors (Lipinski definition) is 4. The molecule has 0 radical (unpaired) electrons. The molecule has 0 bridgehead atoms. The molecule has 0 aliphatic heterocycles. The van der Waals surface area contributed by atoms with E-state index in [2.05, 4.69) is 69.4 Å². The topological polar surface area (TPSA) is 49.8 Å². The molecule has 106 valence electrons. The van der Waals surface area contributed by atoms with Crippen molar-refractivity contribution >= 4 is 33.4 Å². The fourth-order valence-electron chi connectivity index (χ4n) is 1.79. The average molecular weight is 335 g/mol. The first-order valence-corrected chi connectivity index (χ1v) is 7.50. The molecule has 4 nitrogen and oxygen atoms in total. The third kappa shape index (κ3) is 3.48. The van der Waals surface area contributed by atoms with E-state index in [0.717, 1.165) is 28.9 Å². The summed E-state index contributed by atoms with van der Waals surface area (Å²) >= 11 is 3.48. The van der Waals surface area contributed by atoms with Crippen LogP contribution in [0.5, 0.6) is 0 Å². The van der Waals surface area contributed by atoms with Crippen molar-refractivity contribution in [2.75, 3.05) is 17.2 Å². The van der Waals surface area contributed by atoms with Gasteiger partial charge in [0.1, 0.15) is 5.82 Å². The van der Waals surface area contributed by atoms with Gasteiger partial charge in [-0.1, -0.05) is 19.1 Å². The maximum atomic E-state index is 4.50. The maximum Gasteiger partial charge on any atom is 0.224 e. The average Bonchev–Trinajstić information content (AvgIpc) is 2.44. The smallest absolute Gasteiger partial charge is 0.224 e. The van der Waals surface area contributed by atoms with Crippen molar-refractivity contribution in [1.29, 1.82) is 0 Å². The molecule has 0 amide bonds. The molecular weight excluding hydrogens is 316 g/mol. The number of halogens is 1. The molecule has 1 aromatic carbocycles. The predicted octanol–water partition coefficient (Wildman–Crippen LogP) is 4.42. The van der Waals surface area contributed by atoms with Crippen LogP contribution in [0.1, 0.15) is 24.5 Å². The number of aromatic nitrogens is 2. The summed E-state index contributed by atoms with van der Waals surface area (Å²) in [7, 11) is 0. The Bertz CT molecular complexity index is 598. The largest absolute Gasteiger partial charge is 0.354 e. The van der Waals surface area contributed by atoms with Gasteiger partial charge in [-0.15, -0.1) is 0 Å². The molecule has 2 N–H and O–H groups in total. The van der Waals surface area contributed by atoms with Gasteiger partial charge in [-0.3, -0.25) is 0 Å². The van der Waals surface area contributed by atoms with Crippen LogP contribution in [0.15, 0.2) is 28.9 Å². The Morgan fingerprint density at radius 3 is 2.80 bits per heavy atom. The van der Waals surface area contributed by atoms with Gasteiger partial charge in [0.15, 0.2) is 0 Å². The number of hydrogen-bond donors (Lipinski definition) is 2. The Morgan fingerprint density at radius 1 is 1.25 bits per heavy atom. The second-order valence-corrected chi connectivity index (χ2v) is 5.54. The Morgan fingerprint density at radius 2 is 2.05 bits per heavy atom. The highest BCUT2D eigenvalue weighted by atomic mass is 79.9. The quantitative estimate of drug-likeness (QED) is 0.849. The summed E-state index contributed by atoms with van der Waals surface area (Å²) in [6.45, 7) is 7.18. The first-order chi connectivity index (χ1) is 9.61. The van der Waals surface area contributed by atoms with E-state index in [4.69, 9.17) is 0 Å². The van der Waals surface area contributed by atoms with Crippen LogP contribution >= 0.6 is 15.9 Å². The minimum Gasteiger partial charge on any atom is -0.354 e. The van der Waals surface area contributed by atoms with Crippen LogP contribution in [-0.4, -0.2) is 16.5 Å². The lowest BCUT2D eigenvalue weighted by Gasteiger charge is -2.13. The number of rotatable bonds is 5. The second kappa shape index (κ2) is 6.70. The summed E-state index contributed by atoms with van der Waals surface area (Å²) in [6, 6.07) is 6.19. The highest BCUT2D eigenvalue weighted by molar-refractivity contribution is 9.10. The fraction of sp³-hybridized carbons (Fsp3) is 0.333. The molecule has 1 heterocycles. The van der Waals surface area contributed by atoms with E-state index < -0.39 is 0 Å². The van der Waals surface area contributed by atoms with Crippen LogP contribution < -0.4 is 10.6 Å². The van der Waals surface area contributed by atoms with E-state index >= 15 is 0 Å². The van der Waals surface area contributed by atoms with Crippen LogP contribution in [0.3, 0.4) is 0 Å². The molecule has 2 aromatic rings. The van der Waals surface area contributed by atoms with E-state index in [9.17, 15) is 0 Å². The maximum absolute atomic E-state index is 4.50. The van der Waals surface area contributed by atoms with Gasteiger partial charge in [0.25, 0.3) is 0 Å². The van der Waals surface area contributed by atoms with Gasteiger partial charge < -0.3 is 10.6 Å². The summed E-state index contributed by atoms with van der Waals surface area (Å²) < 4.78 is 0.848. The normalized spacial score (nSPS) is 10.4. The lowest BCUT2D eigenvalue weighted by molar-refractivity contribution is 0.952. The summed E-state index contributed by atoms with van der Waals surface area (Å²) in [5.41, 5.74) is 3.54. The number of nitrogens with one attached hydrogen (secondary N) is 2. The van der Waals surface area contributed by atoms with E-state index in [1.165, 1.54) is 11.1 Å².